The van der Waals surface area contributed by atoms with Gasteiger partial charge in [-0.1, -0.05) is 11.6 Å². The van der Waals surface area contributed by atoms with Gasteiger partial charge in [-0.25, -0.2) is 8.78 Å². The predicted molar refractivity (Wildman–Crippen MR) is 169 cm³/mol. The Morgan fingerprint density at radius 3 is 2.80 bits per heavy atom. The average Bonchev–Trinajstić information content (AvgIpc) is 3.77. The molecular weight excluding hydrogens is 620 g/mol. The Labute approximate surface area is 266 Å². The lowest BCUT2D eigenvalue weighted by atomic mass is 9.95. The third kappa shape index (κ3) is 3.94. The molecular formula is C32H30ClF2N7O2S. The van der Waals surface area contributed by atoms with Crippen LogP contribution in [0.1, 0.15) is 44.1 Å². The highest BCUT2D eigenvalue weighted by Gasteiger charge is 2.46. The molecule has 2 aromatic carbocycles. The van der Waals surface area contributed by atoms with Crippen molar-refractivity contribution in [2.45, 2.75) is 62.2 Å². The fraction of sp³-hybridized carbons (Fsp3) is 0.469. The summed E-state index contributed by atoms with van der Waals surface area (Å²) in [5, 5.41) is 14.3. The number of hydrogen-bond donors (Lipinski definition) is 2. The van der Waals surface area contributed by atoms with E-state index in [4.69, 9.17) is 31.8 Å². The van der Waals surface area contributed by atoms with Crippen molar-refractivity contribution in [3.05, 3.63) is 34.4 Å². The van der Waals surface area contributed by atoms with Crippen molar-refractivity contribution >= 4 is 54.7 Å². The van der Waals surface area contributed by atoms with Crippen molar-refractivity contribution in [2.75, 3.05) is 43.5 Å². The van der Waals surface area contributed by atoms with Gasteiger partial charge in [0.2, 0.25) is 0 Å². The minimum absolute atomic E-state index is 0.0544. The van der Waals surface area contributed by atoms with E-state index in [1.165, 1.54) is 12.1 Å². The number of ether oxygens (including phenoxy) is 2. The first-order valence-corrected chi connectivity index (χ1v) is 16.7. The molecule has 3 atom stereocenters. The van der Waals surface area contributed by atoms with Gasteiger partial charge in [-0.3, -0.25) is 4.90 Å². The molecule has 232 valence electrons. The lowest BCUT2D eigenvalue weighted by Crippen LogP contribution is -2.60. The highest BCUT2D eigenvalue weighted by molar-refractivity contribution is 7.23. The molecule has 3 N–H and O–H groups in total. The van der Waals surface area contributed by atoms with E-state index in [9.17, 15) is 5.26 Å². The van der Waals surface area contributed by atoms with Gasteiger partial charge in [-0.15, -0.1) is 11.3 Å². The fourth-order valence-corrected chi connectivity index (χ4v) is 9.82. The maximum Gasteiger partial charge on any atom is 0.319 e. The lowest BCUT2D eigenvalue weighted by molar-refractivity contribution is 0.108. The summed E-state index contributed by atoms with van der Waals surface area (Å²) < 4.78 is 46.3. The largest absolute Gasteiger partial charge is 0.489 e. The number of thiophene rings is 1. The van der Waals surface area contributed by atoms with Gasteiger partial charge in [0.05, 0.1) is 27.6 Å². The van der Waals surface area contributed by atoms with Crippen molar-refractivity contribution in [3.8, 4) is 29.0 Å². The first-order valence-electron chi connectivity index (χ1n) is 15.5. The molecule has 45 heavy (non-hydrogen) atoms. The standard InChI is InChI=1S/C32H30ClF2N7O2S/c33-25-23(22-17(34)4-6-20-21(22)16(11-36)29(37)45-20)26(35)27-24-28(25)43-13-19-18-5-3-15(38-18)12-42(19)30(24)40-31(39-27)44-14-32-7-1-9-41(32)10-2-8-32/h4,6,15,18-19,38H,1-3,5,7-10,12-14,37H2/t15-,18+,19+/m1/s1. The molecule has 0 radical (unpaired) electrons. The Morgan fingerprint density at radius 1 is 1.18 bits per heavy atom. The molecule has 5 aliphatic rings. The summed E-state index contributed by atoms with van der Waals surface area (Å²) >= 11 is 8.18. The van der Waals surface area contributed by atoms with Crippen molar-refractivity contribution < 1.29 is 18.3 Å². The zero-order valence-electron chi connectivity index (χ0n) is 24.3. The summed E-state index contributed by atoms with van der Waals surface area (Å²) in [5.41, 5.74) is 5.74. The van der Waals surface area contributed by atoms with E-state index in [2.05, 4.69) is 26.2 Å². The number of benzene rings is 2. The molecule has 4 saturated heterocycles. The normalized spacial score (nSPS) is 24.8. The van der Waals surface area contributed by atoms with Crippen molar-refractivity contribution in [1.29, 1.82) is 5.26 Å². The summed E-state index contributed by atoms with van der Waals surface area (Å²) in [6.07, 6.45) is 6.32. The van der Waals surface area contributed by atoms with Crippen LogP contribution in [-0.4, -0.2) is 71.4 Å². The lowest BCUT2D eigenvalue weighted by Gasteiger charge is -2.40. The first kappa shape index (κ1) is 27.8. The molecule has 0 saturated carbocycles. The van der Waals surface area contributed by atoms with Crippen LogP contribution in [-0.2, 0) is 0 Å². The van der Waals surface area contributed by atoms with Gasteiger partial charge in [0, 0.05) is 39.8 Å². The zero-order chi connectivity index (χ0) is 30.6. The smallest absolute Gasteiger partial charge is 0.319 e. The topological polar surface area (TPSA) is 113 Å². The minimum Gasteiger partial charge on any atom is -0.489 e. The Balaban J connectivity index is 1.28. The third-order valence-electron chi connectivity index (χ3n) is 10.6. The second-order valence-corrected chi connectivity index (χ2v) is 14.4. The maximum atomic E-state index is 17.1. The molecule has 2 bridgehead atoms. The number of nitrogen functional groups attached to an aromatic ring is 1. The van der Waals surface area contributed by atoms with Crippen molar-refractivity contribution in [1.82, 2.24) is 20.2 Å². The summed E-state index contributed by atoms with van der Waals surface area (Å²) in [7, 11) is 0. The molecule has 7 heterocycles. The molecule has 9 rings (SSSR count). The molecule has 5 aliphatic heterocycles. The summed E-state index contributed by atoms with van der Waals surface area (Å²) in [6.45, 7) is 3.44. The highest BCUT2D eigenvalue weighted by Crippen LogP contribution is 2.52. The predicted octanol–water partition coefficient (Wildman–Crippen LogP) is 5.61. The van der Waals surface area contributed by atoms with Crippen molar-refractivity contribution in [2.24, 2.45) is 0 Å². The number of nitrogens with zero attached hydrogens (tertiary/aromatic N) is 5. The van der Waals surface area contributed by atoms with Crippen LogP contribution in [0.25, 0.3) is 32.1 Å². The molecule has 0 unspecified atom stereocenters. The fourth-order valence-electron chi connectivity index (χ4n) is 8.57. The molecule has 4 aromatic rings. The second kappa shape index (κ2) is 10.00. The SMILES string of the molecule is N#Cc1c(N)sc2ccc(F)c(-c3c(Cl)c4c5c(nc(OCC67CCCN6CCC7)nc5c3F)N3C[C@H]5CC[C@H](N5)[C@@H]3CO4)c12. The van der Waals surface area contributed by atoms with Gasteiger partial charge < -0.3 is 25.4 Å². The minimum atomic E-state index is -0.825. The number of piperazine rings is 1. The number of aromatic nitrogens is 2. The van der Waals surface area contributed by atoms with E-state index in [1.54, 1.807) is 0 Å². The van der Waals surface area contributed by atoms with Gasteiger partial charge in [0.1, 0.15) is 41.4 Å². The van der Waals surface area contributed by atoms with Crippen LogP contribution in [0, 0.1) is 23.0 Å². The number of halogens is 3. The number of fused-ring (bicyclic) bond motifs is 7. The third-order valence-corrected chi connectivity index (χ3v) is 12.0. The summed E-state index contributed by atoms with van der Waals surface area (Å²) in [4.78, 5) is 14.3. The van der Waals surface area contributed by atoms with E-state index < -0.39 is 11.6 Å². The number of nitriles is 1. The van der Waals surface area contributed by atoms with E-state index in [0.717, 1.165) is 63.0 Å². The Hall–Kier alpha value is -3.50. The van der Waals surface area contributed by atoms with Crippen LogP contribution in [0.15, 0.2) is 12.1 Å². The Bertz CT molecular complexity index is 1950. The van der Waals surface area contributed by atoms with Crippen LogP contribution < -0.4 is 25.4 Å². The molecule has 0 spiro atoms. The molecule has 9 nitrogen and oxygen atoms in total. The van der Waals surface area contributed by atoms with E-state index in [1.807, 2.05) is 0 Å². The number of nitrogens with two attached hydrogens (primary N) is 1. The molecule has 4 fully saturated rings. The highest BCUT2D eigenvalue weighted by atomic mass is 35.5. The maximum absolute atomic E-state index is 17.1. The molecule has 2 aromatic heterocycles. The van der Waals surface area contributed by atoms with Crippen LogP contribution in [0.4, 0.5) is 19.6 Å². The van der Waals surface area contributed by atoms with Crippen molar-refractivity contribution in [3.63, 3.8) is 0 Å². The summed E-state index contributed by atoms with van der Waals surface area (Å²) in [5.74, 6) is -0.843. The van der Waals surface area contributed by atoms with Gasteiger partial charge in [-0.2, -0.15) is 15.2 Å². The quantitative estimate of drug-likeness (QED) is 0.292. The number of rotatable bonds is 4. The molecule has 0 aliphatic carbocycles. The average molecular weight is 650 g/mol. The number of nitrogens with one attached hydrogen (secondary N) is 1. The Kier molecular flexibility index (Phi) is 6.17. The van der Waals surface area contributed by atoms with Crippen LogP contribution in [0.3, 0.4) is 0 Å². The number of hydrogen-bond acceptors (Lipinski definition) is 10. The van der Waals surface area contributed by atoms with Gasteiger partial charge in [-0.05, 0) is 63.7 Å². The van der Waals surface area contributed by atoms with E-state index >= 15 is 8.78 Å². The molecule has 0 amide bonds. The van der Waals surface area contributed by atoms with E-state index in [-0.39, 0.29) is 79.6 Å². The Morgan fingerprint density at radius 2 is 2.00 bits per heavy atom. The number of anilines is 2. The first-order chi connectivity index (χ1) is 21.9. The van der Waals surface area contributed by atoms with Gasteiger partial charge in [0.15, 0.2) is 11.6 Å². The van der Waals surface area contributed by atoms with Gasteiger partial charge >= 0.3 is 6.01 Å². The zero-order valence-corrected chi connectivity index (χ0v) is 25.9. The molecule has 13 heteroatoms. The van der Waals surface area contributed by atoms with Crippen LogP contribution >= 0.6 is 22.9 Å². The van der Waals surface area contributed by atoms with Crippen LogP contribution in [0.2, 0.25) is 5.02 Å². The van der Waals surface area contributed by atoms with E-state index in [0.29, 0.717) is 29.1 Å². The monoisotopic (exact) mass is 649 g/mol. The van der Waals surface area contributed by atoms with Crippen LogP contribution in [0.5, 0.6) is 11.8 Å². The van der Waals surface area contributed by atoms with Gasteiger partial charge in [0.25, 0.3) is 0 Å². The summed E-state index contributed by atoms with van der Waals surface area (Å²) in [6, 6.07) is 5.28. The second-order valence-electron chi connectivity index (χ2n) is 12.9.